The zero-order chi connectivity index (χ0) is 28.0. The molecule has 206 valence electrons. The summed E-state index contributed by atoms with van der Waals surface area (Å²) in [5.41, 5.74) is 3.57. The normalized spacial score (nSPS) is 23.0. The van der Waals surface area contributed by atoms with Gasteiger partial charge < -0.3 is 19.5 Å². The number of halogens is 3. The van der Waals surface area contributed by atoms with Gasteiger partial charge in [0.1, 0.15) is 17.6 Å². The zero-order valence-electron chi connectivity index (χ0n) is 22.2. The molecule has 0 unspecified atom stereocenters. The number of nitrogens with one attached hydrogen (secondary N) is 1. The van der Waals surface area contributed by atoms with Gasteiger partial charge in [-0.25, -0.2) is 0 Å². The molecule has 9 heteroatoms. The van der Waals surface area contributed by atoms with Crippen LogP contribution in [0.15, 0.2) is 77.3 Å². The van der Waals surface area contributed by atoms with Crippen LogP contribution in [0, 0.1) is 11.8 Å². The monoisotopic (exact) mass is 610 g/mol. The third-order valence-corrected chi connectivity index (χ3v) is 8.80. The number of furan rings is 1. The van der Waals surface area contributed by atoms with Crippen LogP contribution in [0.5, 0.6) is 0 Å². The fourth-order valence-electron chi connectivity index (χ4n) is 6.03. The molecule has 0 spiro atoms. The number of aromatic nitrogens is 1. The Bertz CT molecular complexity index is 1530. The maximum Gasteiger partial charge on any atom is 0.174 e. The summed E-state index contributed by atoms with van der Waals surface area (Å²) in [4.78, 5) is 9.10. The first-order valence-electron chi connectivity index (χ1n) is 13.4. The zero-order valence-corrected chi connectivity index (χ0v) is 25.2. The SMILES string of the molecule is C[C@@H]1C[C@H](C)CN(c2ccc(N3C(=S)N[C@@H](c4ccccn4)[C@@H]3c3ccc(-c4ccc(Cl)cc4Cl)o3)cc2Cl)C1. The van der Waals surface area contributed by atoms with E-state index in [1.807, 2.05) is 42.5 Å². The highest BCUT2D eigenvalue weighted by Gasteiger charge is 2.43. The Morgan fingerprint density at radius 3 is 2.42 bits per heavy atom. The first kappa shape index (κ1) is 27.4. The largest absolute Gasteiger partial charge is 0.459 e. The van der Waals surface area contributed by atoms with Crippen LogP contribution < -0.4 is 15.1 Å². The van der Waals surface area contributed by atoms with Gasteiger partial charge in [0.05, 0.1) is 27.5 Å². The van der Waals surface area contributed by atoms with Crippen LogP contribution in [-0.2, 0) is 0 Å². The molecule has 2 fully saturated rings. The van der Waals surface area contributed by atoms with Gasteiger partial charge in [-0.05, 0) is 91.1 Å². The molecule has 2 saturated heterocycles. The van der Waals surface area contributed by atoms with Gasteiger partial charge in [-0.2, -0.15) is 0 Å². The topological polar surface area (TPSA) is 44.5 Å². The summed E-state index contributed by atoms with van der Waals surface area (Å²) in [5, 5.41) is 5.86. The summed E-state index contributed by atoms with van der Waals surface area (Å²) in [6.07, 6.45) is 3.02. The molecule has 0 saturated carbocycles. The third kappa shape index (κ3) is 5.30. The molecule has 0 bridgehead atoms. The van der Waals surface area contributed by atoms with E-state index < -0.39 is 0 Å². The highest BCUT2D eigenvalue weighted by atomic mass is 35.5. The van der Waals surface area contributed by atoms with Crippen molar-refractivity contribution in [3.63, 3.8) is 0 Å². The van der Waals surface area contributed by atoms with E-state index in [0.717, 1.165) is 41.5 Å². The van der Waals surface area contributed by atoms with E-state index >= 15 is 0 Å². The number of thiocarbonyl (C=S) groups is 1. The van der Waals surface area contributed by atoms with Crippen molar-refractivity contribution in [3.05, 3.63) is 99.4 Å². The van der Waals surface area contributed by atoms with Crippen molar-refractivity contribution in [2.24, 2.45) is 11.8 Å². The van der Waals surface area contributed by atoms with E-state index in [-0.39, 0.29) is 12.1 Å². The van der Waals surface area contributed by atoms with E-state index in [9.17, 15) is 0 Å². The van der Waals surface area contributed by atoms with E-state index in [1.54, 1.807) is 18.3 Å². The van der Waals surface area contributed by atoms with Gasteiger partial charge >= 0.3 is 0 Å². The standard InChI is InChI=1S/C31H29Cl3N4OS/c1-18-13-19(2)17-37(16-18)26-9-7-21(15-24(26)34)38-30(29(36-31(38)40)25-5-3-4-12-35-25)28-11-10-27(39-28)22-8-6-20(32)14-23(22)33/h3-12,14-15,18-19,29-30H,13,16-17H2,1-2H3,(H,36,40)/t18-,19+,29-,30-/m0/s1. The second-order valence-electron chi connectivity index (χ2n) is 10.8. The molecule has 2 aromatic heterocycles. The Hall–Kier alpha value is -2.77. The van der Waals surface area contributed by atoms with Crippen LogP contribution in [0.25, 0.3) is 11.3 Å². The predicted molar refractivity (Wildman–Crippen MR) is 169 cm³/mol. The molecule has 0 radical (unpaired) electrons. The van der Waals surface area contributed by atoms with Gasteiger partial charge in [0, 0.05) is 35.6 Å². The quantitative estimate of drug-likeness (QED) is 0.227. The molecule has 4 heterocycles. The maximum absolute atomic E-state index is 6.95. The van der Waals surface area contributed by atoms with Gasteiger partial charge in [0.2, 0.25) is 0 Å². The van der Waals surface area contributed by atoms with Crippen molar-refractivity contribution in [1.82, 2.24) is 10.3 Å². The minimum absolute atomic E-state index is 0.240. The van der Waals surface area contributed by atoms with E-state index in [0.29, 0.717) is 37.8 Å². The van der Waals surface area contributed by atoms with Gasteiger partial charge in [-0.15, -0.1) is 0 Å². The molecular weight excluding hydrogens is 583 g/mol. The lowest BCUT2D eigenvalue weighted by Crippen LogP contribution is -2.38. The van der Waals surface area contributed by atoms with Crippen molar-refractivity contribution in [2.45, 2.75) is 32.4 Å². The Morgan fingerprint density at radius 1 is 0.925 bits per heavy atom. The van der Waals surface area contributed by atoms with E-state index in [1.165, 1.54) is 6.42 Å². The minimum atomic E-state index is -0.306. The van der Waals surface area contributed by atoms with Crippen molar-refractivity contribution in [2.75, 3.05) is 22.9 Å². The highest BCUT2D eigenvalue weighted by molar-refractivity contribution is 7.80. The number of pyridine rings is 1. The second-order valence-corrected chi connectivity index (χ2v) is 12.4. The number of hydrogen-bond donors (Lipinski definition) is 1. The molecule has 1 N–H and O–H groups in total. The second kappa shape index (κ2) is 11.2. The van der Waals surface area contributed by atoms with Gasteiger partial charge in [-0.1, -0.05) is 54.7 Å². The summed E-state index contributed by atoms with van der Waals surface area (Å²) in [7, 11) is 0. The van der Waals surface area contributed by atoms with Crippen LogP contribution >= 0.6 is 47.0 Å². The minimum Gasteiger partial charge on any atom is -0.459 e. The molecule has 6 rings (SSSR count). The Balaban J connectivity index is 1.39. The van der Waals surface area contributed by atoms with E-state index in [4.69, 9.17) is 51.4 Å². The summed E-state index contributed by atoms with van der Waals surface area (Å²) in [6, 6.07) is 20.8. The number of hydrogen-bond acceptors (Lipinski definition) is 4. The number of anilines is 2. The van der Waals surface area contributed by atoms with Gasteiger partial charge in [-0.3, -0.25) is 4.98 Å². The molecular formula is C31H29Cl3N4OS. The lowest BCUT2D eigenvalue weighted by molar-refractivity contribution is 0.357. The predicted octanol–water partition coefficient (Wildman–Crippen LogP) is 8.96. The summed E-state index contributed by atoms with van der Waals surface area (Å²) in [5.74, 6) is 2.63. The number of rotatable bonds is 5. The van der Waals surface area contributed by atoms with Gasteiger partial charge in [0.25, 0.3) is 0 Å². The molecule has 5 nitrogen and oxygen atoms in total. The fraction of sp³-hybridized carbons (Fsp3) is 0.290. The summed E-state index contributed by atoms with van der Waals surface area (Å²) < 4.78 is 6.46. The van der Waals surface area contributed by atoms with Crippen molar-refractivity contribution in [1.29, 1.82) is 0 Å². The lowest BCUT2D eigenvalue weighted by atomic mass is 9.91. The van der Waals surface area contributed by atoms with E-state index in [2.05, 4.69) is 46.1 Å². The van der Waals surface area contributed by atoms with Crippen molar-refractivity contribution < 1.29 is 4.42 Å². The fourth-order valence-corrected chi connectivity index (χ4v) is 7.17. The highest BCUT2D eigenvalue weighted by Crippen LogP contribution is 2.45. The molecule has 2 aliphatic rings. The van der Waals surface area contributed by atoms with Crippen LogP contribution in [0.1, 0.15) is 43.8 Å². The molecule has 4 aromatic rings. The molecule has 0 aliphatic carbocycles. The van der Waals surface area contributed by atoms with Crippen LogP contribution in [-0.4, -0.2) is 23.2 Å². The average molecular weight is 612 g/mol. The van der Waals surface area contributed by atoms with Crippen LogP contribution in [0.3, 0.4) is 0 Å². The molecule has 0 amide bonds. The van der Waals surface area contributed by atoms with Crippen LogP contribution in [0.2, 0.25) is 15.1 Å². The summed E-state index contributed by atoms with van der Waals surface area (Å²) >= 11 is 25.5. The number of piperidine rings is 1. The van der Waals surface area contributed by atoms with Gasteiger partial charge in [0.15, 0.2) is 5.11 Å². The maximum atomic E-state index is 6.95. The Morgan fingerprint density at radius 2 is 1.73 bits per heavy atom. The first-order chi connectivity index (χ1) is 19.3. The smallest absolute Gasteiger partial charge is 0.174 e. The average Bonchev–Trinajstić information content (AvgIpc) is 3.53. The lowest BCUT2D eigenvalue weighted by Gasteiger charge is -2.37. The Labute approximate surface area is 255 Å². The Kier molecular flexibility index (Phi) is 7.71. The van der Waals surface area contributed by atoms with Crippen molar-refractivity contribution >= 4 is 63.5 Å². The molecule has 4 atom stereocenters. The number of benzene rings is 2. The first-order valence-corrected chi connectivity index (χ1v) is 14.9. The third-order valence-electron chi connectivity index (χ3n) is 7.63. The molecule has 2 aromatic carbocycles. The van der Waals surface area contributed by atoms with Crippen LogP contribution in [0.4, 0.5) is 11.4 Å². The molecule has 40 heavy (non-hydrogen) atoms. The molecule has 2 aliphatic heterocycles. The van der Waals surface area contributed by atoms with Crippen molar-refractivity contribution in [3.8, 4) is 11.3 Å². The summed E-state index contributed by atoms with van der Waals surface area (Å²) in [6.45, 7) is 6.60. The number of nitrogens with zero attached hydrogens (tertiary/aromatic N) is 3.